The van der Waals surface area contributed by atoms with Crippen molar-refractivity contribution in [3.63, 3.8) is 0 Å². The molecule has 0 aliphatic carbocycles. The first-order valence-electron chi connectivity index (χ1n) is 8.71. The average Bonchev–Trinajstić information content (AvgIpc) is 3.02. The van der Waals surface area contributed by atoms with E-state index in [0.717, 1.165) is 21.8 Å². The third kappa shape index (κ3) is 4.87. The van der Waals surface area contributed by atoms with Crippen molar-refractivity contribution >= 4 is 28.7 Å². The SMILES string of the molecule is COCCn1c(SC(C)C(=O)NCc2ccc(F)cc2)nc2ccccc21. The van der Waals surface area contributed by atoms with Crippen molar-refractivity contribution in [1.29, 1.82) is 0 Å². The van der Waals surface area contributed by atoms with E-state index in [9.17, 15) is 9.18 Å². The molecule has 1 N–H and O–H groups in total. The van der Waals surface area contributed by atoms with Crippen molar-refractivity contribution in [3.8, 4) is 0 Å². The first-order chi connectivity index (χ1) is 13.1. The number of aromatic nitrogens is 2. The van der Waals surface area contributed by atoms with Crippen LogP contribution in [0.15, 0.2) is 53.7 Å². The van der Waals surface area contributed by atoms with Crippen LogP contribution in [0, 0.1) is 5.82 Å². The number of rotatable bonds is 8. The minimum atomic E-state index is -0.316. The Bertz CT molecular complexity index is 911. The number of para-hydroxylation sites is 2. The first kappa shape index (κ1) is 19.4. The zero-order valence-electron chi connectivity index (χ0n) is 15.3. The van der Waals surface area contributed by atoms with E-state index in [1.807, 2.05) is 31.2 Å². The second-order valence-corrected chi connectivity index (χ2v) is 7.44. The number of carbonyl (C=O) groups excluding carboxylic acids is 1. The maximum absolute atomic E-state index is 13.0. The molecule has 0 aliphatic heterocycles. The predicted octanol–water partition coefficient (Wildman–Crippen LogP) is 3.62. The van der Waals surface area contributed by atoms with Gasteiger partial charge in [-0.1, -0.05) is 36.0 Å². The van der Waals surface area contributed by atoms with Crippen LogP contribution in [0.1, 0.15) is 12.5 Å². The van der Waals surface area contributed by atoms with Gasteiger partial charge in [0.2, 0.25) is 5.91 Å². The maximum Gasteiger partial charge on any atom is 0.233 e. The van der Waals surface area contributed by atoms with E-state index in [0.29, 0.717) is 19.7 Å². The number of nitrogens with zero attached hydrogens (tertiary/aromatic N) is 2. The second kappa shape index (κ2) is 9.01. The largest absolute Gasteiger partial charge is 0.383 e. The highest BCUT2D eigenvalue weighted by Crippen LogP contribution is 2.27. The Kier molecular flexibility index (Phi) is 6.47. The lowest BCUT2D eigenvalue weighted by Gasteiger charge is -2.13. The number of ether oxygens (including phenoxy) is 1. The summed E-state index contributed by atoms with van der Waals surface area (Å²) in [6.07, 6.45) is 0. The molecule has 3 aromatic rings. The Morgan fingerprint density at radius 3 is 2.74 bits per heavy atom. The molecule has 0 spiro atoms. The van der Waals surface area contributed by atoms with Gasteiger partial charge in [0.05, 0.1) is 22.9 Å². The van der Waals surface area contributed by atoms with E-state index < -0.39 is 0 Å². The fourth-order valence-electron chi connectivity index (χ4n) is 2.69. The van der Waals surface area contributed by atoms with Crippen LogP contribution < -0.4 is 5.32 Å². The van der Waals surface area contributed by atoms with Crippen molar-refractivity contribution in [1.82, 2.24) is 14.9 Å². The number of fused-ring (bicyclic) bond motifs is 1. The van der Waals surface area contributed by atoms with E-state index in [4.69, 9.17) is 4.74 Å². The quantitative estimate of drug-likeness (QED) is 0.600. The lowest BCUT2D eigenvalue weighted by Crippen LogP contribution is -2.30. The normalized spacial score (nSPS) is 12.3. The van der Waals surface area contributed by atoms with Crippen molar-refractivity contribution in [2.45, 2.75) is 30.4 Å². The molecule has 27 heavy (non-hydrogen) atoms. The molecule has 1 aromatic heterocycles. The van der Waals surface area contributed by atoms with Gasteiger partial charge in [0.25, 0.3) is 0 Å². The number of imidazole rings is 1. The summed E-state index contributed by atoms with van der Waals surface area (Å²) in [7, 11) is 1.66. The Balaban J connectivity index is 1.68. The van der Waals surface area contributed by atoms with Crippen molar-refractivity contribution in [3.05, 3.63) is 59.9 Å². The summed E-state index contributed by atoms with van der Waals surface area (Å²) in [4.78, 5) is 17.1. The monoisotopic (exact) mass is 387 g/mol. The molecule has 3 rings (SSSR count). The molecule has 5 nitrogen and oxygen atoms in total. The molecule has 0 aliphatic rings. The number of carbonyl (C=O) groups is 1. The Hall–Kier alpha value is -2.38. The van der Waals surface area contributed by atoms with E-state index in [-0.39, 0.29) is 17.0 Å². The summed E-state index contributed by atoms with van der Waals surface area (Å²) in [5, 5.41) is 3.36. The number of halogens is 1. The minimum Gasteiger partial charge on any atom is -0.383 e. The number of hydrogen-bond acceptors (Lipinski definition) is 4. The van der Waals surface area contributed by atoms with Gasteiger partial charge >= 0.3 is 0 Å². The molecular weight excluding hydrogens is 365 g/mol. The minimum absolute atomic E-state index is 0.0883. The number of amides is 1. The van der Waals surface area contributed by atoms with E-state index in [1.54, 1.807) is 19.2 Å². The molecule has 0 saturated carbocycles. The van der Waals surface area contributed by atoms with Crippen LogP contribution in [0.25, 0.3) is 11.0 Å². The third-order valence-corrected chi connectivity index (χ3v) is 5.26. The van der Waals surface area contributed by atoms with Gasteiger partial charge in [0.1, 0.15) is 5.82 Å². The molecule has 142 valence electrons. The highest BCUT2D eigenvalue weighted by Gasteiger charge is 2.19. The molecule has 1 atom stereocenters. The fraction of sp³-hybridized carbons (Fsp3) is 0.300. The summed E-state index contributed by atoms with van der Waals surface area (Å²) in [5.74, 6) is -0.376. The second-order valence-electron chi connectivity index (χ2n) is 6.13. The van der Waals surface area contributed by atoms with Gasteiger partial charge in [-0.2, -0.15) is 0 Å². The van der Waals surface area contributed by atoms with Gasteiger partial charge in [-0.05, 0) is 36.8 Å². The standard InChI is InChI=1S/C20H22FN3O2S/c1-14(19(25)22-13-15-7-9-16(21)10-8-15)27-20-23-17-5-3-4-6-18(17)24(20)11-12-26-2/h3-10,14H,11-13H2,1-2H3,(H,22,25). The Morgan fingerprint density at radius 1 is 1.26 bits per heavy atom. The highest BCUT2D eigenvalue weighted by molar-refractivity contribution is 8.00. The van der Waals surface area contributed by atoms with Crippen LogP contribution in [0.5, 0.6) is 0 Å². The van der Waals surface area contributed by atoms with Crippen LogP contribution in [-0.4, -0.2) is 34.4 Å². The molecule has 1 unspecified atom stereocenters. The topological polar surface area (TPSA) is 56.1 Å². The molecule has 7 heteroatoms. The molecule has 1 heterocycles. The summed E-state index contributed by atoms with van der Waals surface area (Å²) < 4.78 is 20.2. The Labute approximate surface area is 161 Å². The van der Waals surface area contributed by atoms with Crippen LogP contribution >= 0.6 is 11.8 Å². The van der Waals surface area contributed by atoms with Crippen molar-refractivity contribution < 1.29 is 13.9 Å². The summed E-state index contributed by atoms with van der Waals surface area (Å²) in [5.41, 5.74) is 2.78. The third-order valence-electron chi connectivity index (χ3n) is 4.17. The van der Waals surface area contributed by atoms with Gasteiger partial charge in [0.15, 0.2) is 5.16 Å². The molecule has 2 aromatic carbocycles. The lowest BCUT2D eigenvalue weighted by molar-refractivity contribution is -0.120. The first-order valence-corrected chi connectivity index (χ1v) is 9.59. The highest BCUT2D eigenvalue weighted by atomic mass is 32.2. The molecule has 0 fully saturated rings. The van der Waals surface area contributed by atoms with Gasteiger partial charge in [0, 0.05) is 20.2 Å². The summed E-state index contributed by atoms with van der Waals surface area (Å²) in [6, 6.07) is 14.0. The van der Waals surface area contributed by atoms with Gasteiger partial charge in [-0.15, -0.1) is 0 Å². The zero-order chi connectivity index (χ0) is 19.2. The average molecular weight is 387 g/mol. The molecule has 0 bridgehead atoms. The van der Waals surface area contributed by atoms with Crippen molar-refractivity contribution in [2.24, 2.45) is 0 Å². The van der Waals surface area contributed by atoms with Gasteiger partial charge in [-0.25, -0.2) is 9.37 Å². The van der Waals surface area contributed by atoms with E-state index in [1.165, 1.54) is 23.9 Å². The number of methoxy groups -OCH3 is 1. The van der Waals surface area contributed by atoms with Crippen molar-refractivity contribution in [2.75, 3.05) is 13.7 Å². The summed E-state index contributed by atoms with van der Waals surface area (Å²) in [6.45, 7) is 3.46. The van der Waals surface area contributed by atoms with Gasteiger partial charge < -0.3 is 14.6 Å². The van der Waals surface area contributed by atoms with E-state index >= 15 is 0 Å². The number of nitrogens with one attached hydrogen (secondary N) is 1. The van der Waals surface area contributed by atoms with Crippen LogP contribution in [0.2, 0.25) is 0 Å². The van der Waals surface area contributed by atoms with Crippen LogP contribution in [0.4, 0.5) is 4.39 Å². The number of thioether (sulfide) groups is 1. The maximum atomic E-state index is 13.0. The predicted molar refractivity (Wildman–Crippen MR) is 105 cm³/mol. The molecule has 0 saturated heterocycles. The zero-order valence-corrected chi connectivity index (χ0v) is 16.1. The molecular formula is C20H22FN3O2S. The number of benzene rings is 2. The Morgan fingerprint density at radius 2 is 2.00 bits per heavy atom. The smallest absolute Gasteiger partial charge is 0.233 e. The molecule has 1 amide bonds. The van der Waals surface area contributed by atoms with E-state index in [2.05, 4.69) is 14.9 Å². The fourth-order valence-corrected chi connectivity index (χ4v) is 3.66. The van der Waals surface area contributed by atoms with Gasteiger partial charge in [-0.3, -0.25) is 4.79 Å². The van der Waals surface area contributed by atoms with Crippen LogP contribution in [0.3, 0.4) is 0 Å². The number of hydrogen-bond donors (Lipinski definition) is 1. The lowest BCUT2D eigenvalue weighted by atomic mass is 10.2. The molecule has 0 radical (unpaired) electrons. The summed E-state index contributed by atoms with van der Waals surface area (Å²) >= 11 is 1.42. The van der Waals surface area contributed by atoms with Crippen LogP contribution in [-0.2, 0) is 22.6 Å².